The molecule has 88 valence electrons. The van der Waals surface area contributed by atoms with Gasteiger partial charge in [-0.2, -0.15) is 0 Å². The number of hydrogen-bond acceptors (Lipinski definition) is 3. The molecule has 1 N–H and O–H groups in total. The Hall–Kier alpha value is -1.42. The maximum absolute atomic E-state index is 13.5. The summed E-state index contributed by atoms with van der Waals surface area (Å²) in [6.07, 6.45) is 0. The number of carbonyl (C=O) groups excluding carboxylic acids is 1. The Balaban J connectivity index is 2.93. The summed E-state index contributed by atoms with van der Waals surface area (Å²) in [5.41, 5.74) is -0.351. The molecule has 1 aromatic rings. The van der Waals surface area contributed by atoms with E-state index in [2.05, 4.69) is 0 Å². The zero-order chi connectivity index (χ0) is 12.3. The van der Waals surface area contributed by atoms with Crippen molar-refractivity contribution in [3.05, 3.63) is 35.1 Å². The summed E-state index contributed by atoms with van der Waals surface area (Å²) in [7, 11) is 0. The van der Waals surface area contributed by atoms with Crippen molar-refractivity contribution in [3.8, 4) is 0 Å². The van der Waals surface area contributed by atoms with Crippen molar-refractivity contribution >= 4 is 5.97 Å². The topological polar surface area (TPSA) is 46.5 Å². The second kappa shape index (κ2) is 4.61. The highest BCUT2D eigenvalue weighted by atomic mass is 19.1. The van der Waals surface area contributed by atoms with Crippen molar-refractivity contribution in [2.24, 2.45) is 0 Å². The number of aliphatic hydroxyl groups excluding tert-OH is 1. The summed E-state index contributed by atoms with van der Waals surface area (Å²) in [5, 5.41) is 8.80. The number of benzene rings is 1. The predicted octanol–water partition coefficient (Wildman–Crippen LogP) is 2.27. The molecule has 4 heteroatoms. The number of hydrogen-bond donors (Lipinski definition) is 1. The molecule has 0 aliphatic heterocycles. The quantitative estimate of drug-likeness (QED) is 0.787. The van der Waals surface area contributed by atoms with Crippen molar-refractivity contribution in [2.45, 2.75) is 33.0 Å². The first-order valence-electron chi connectivity index (χ1n) is 4.96. The first-order valence-corrected chi connectivity index (χ1v) is 4.96. The van der Waals surface area contributed by atoms with E-state index in [1.165, 1.54) is 12.1 Å². The van der Waals surface area contributed by atoms with E-state index in [1.807, 2.05) is 0 Å². The van der Waals surface area contributed by atoms with Gasteiger partial charge in [0.05, 0.1) is 12.2 Å². The van der Waals surface area contributed by atoms with E-state index < -0.39 is 17.4 Å². The van der Waals surface area contributed by atoms with Gasteiger partial charge in [-0.3, -0.25) is 0 Å². The maximum atomic E-state index is 13.5. The molecule has 0 aliphatic rings. The Kier molecular flexibility index (Phi) is 3.65. The third-order valence-electron chi connectivity index (χ3n) is 1.83. The van der Waals surface area contributed by atoms with Gasteiger partial charge in [0.2, 0.25) is 0 Å². The molecule has 3 nitrogen and oxygen atoms in total. The molecular formula is C12H15FO3. The SMILES string of the molecule is CC(C)(C)OC(=O)c1ccc(CO)cc1F. The minimum absolute atomic E-state index is 0.118. The van der Waals surface area contributed by atoms with Crippen molar-refractivity contribution in [1.82, 2.24) is 0 Å². The van der Waals surface area contributed by atoms with Crippen LogP contribution in [0.3, 0.4) is 0 Å². The van der Waals surface area contributed by atoms with Gasteiger partial charge < -0.3 is 9.84 Å². The third-order valence-corrected chi connectivity index (χ3v) is 1.83. The van der Waals surface area contributed by atoms with Gasteiger partial charge in [0, 0.05) is 0 Å². The van der Waals surface area contributed by atoms with Gasteiger partial charge in [-0.1, -0.05) is 6.07 Å². The van der Waals surface area contributed by atoms with E-state index in [1.54, 1.807) is 20.8 Å². The fourth-order valence-corrected chi connectivity index (χ4v) is 1.16. The Morgan fingerprint density at radius 2 is 2.06 bits per heavy atom. The molecule has 0 amide bonds. The number of carbonyl (C=O) groups is 1. The average Bonchev–Trinajstić information content (AvgIpc) is 2.14. The Bertz CT molecular complexity index is 394. The van der Waals surface area contributed by atoms with E-state index in [4.69, 9.17) is 9.84 Å². The highest BCUT2D eigenvalue weighted by molar-refractivity contribution is 5.90. The molecule has 0 saturated carbocycles. The number of halogens is 1. The van der Waals surface area contributed by atoms with E-state index >= 15 is 0 Å². The van der Waals surface area contributed by atoms with Crippen molar-refractivity contribution in [2.75, 3.05) is 0 Å². The molecular weight excluding hydrogens is 211 g/mol. The van der Waals surface area contributed by atoms with Gasteiger partial charge >= 0.3 is 5.97 Å². The second-order valence-corrected chi connectivity index (χ2v) is 4.47. The van der Waals surface area contributed by atoms with Crippen molar-refractivity contribution in [3.63, 3.8) is 0 Å². The number of aliphatic hydroxyl groups is 1. The molecule has 0 fully saturated rings. The molecule has 0 saturated heterocycles. The van der Waals surface area contributed by atoms with Gasteiger partial charge in [-0.25, -0.2) is 9.18 Å². The van der Waals surface area contributed by atoms with E-state index in [9.17, 15) is 9.18 Å². The van der Waals surface area contributed by atoms with Crippen LogP contribution in [0.25, 0.3) is 0 Å². The summed E-state index contributed by atoms with van der Waals surface area (Å²) in [5.74, 6) is -1.38. The summed E-state index contributed by atoms with van der Waals surface area (Å²) in [6.45, 7) is 4.88. The molecule has 0 radical (unpaired) electrons. The standard InChI is InChI=1S/C12H15FO3/c1-12(2,3)16-11(15)9-5-4-8(7-14)6-10(9)13/h4-6,14H,7H2,1-3H3. The number of ether oxygens (including phenoxy) is 1. The van der Waals surface area contributed by atoms with Crippen LogP contribution in [0.2, 0.25) is 0 Å². The summed E-state index contributed by atoms with van der Waals surface area (Å²) < 4.78 is 18.5. The molecule has 0 aliphatic carbocycles. The third kappa shape index (κ3) is 3.31. The molecule has 0 aromatic heterocycles. The van der Waals surface area contributed by atoms with Crippen molar-refractivity contribution in [1.29, 1.82) is 0 Å². The second-order valence-electron chi connectivity index (χ2n) is 4.47. The summed E-state index contributed by atoms with van der Waals surface area (Å²) >= 11 is 0. The monoisotopic (exact) mass is 226 g/mol. The van der Waals surface area contributed by atoms with Crippen LogP contribution in [0, 0.1) is 5.82 Å². The zero-order valence-corrected chi connectivity index (χ0v) is 9.58. The normalized spacial score (nSPS) is 11.3. The van der Waals surface area contributed by atoms with Crippen LogP contribution in [-0.2, 0) is 11.3 Å². The molecule has 1 rings (SSSR count). The number of rotatable bonds is 2. The Labute approximate surface area is 93.9 Å². The molecule has 16 heavy (non-hydrogen) atoms. The Morgan fingerprint density at radius 3 is 2.50 bits per heavy atom. The van der Waals surface area contributed by atoms with Crippen LogP contribution in [-0.4, -0.2) is 16.7 Å². The Morgan fingerprint density at radius 1 is 1.44 bits per heavy atom. The molecule has 0 unspecified atom stereocenters. The number of esters is 1. The van der Waals surface area contributed by atoms with Crippen LogP contribution in [0.1, 0.15) is 36.7 Å². The van der Waals surface area contributed by atoms with Gasteiger partial charge in [-0.05, 0) is 38.5 Å². The first kappa shape index (κ1) is 12.6. The fourth-order valence-electron chi connectivity index (χ4n) is 1.16. The lowest BCUT2D eigenvalue weighted by molar-refractivity contribution is 0.00646. The van der Waals surface area contributed by atoms with E-state index in [0.29, 0.717) is 5.56 Å². The summed E-state index contributed by atoms with van der Waals surface area (Å²) in [6, 6.07) is 3.93. The maximum Gasteiger partial charge on any atom is 0.341 e. The average molecular weight is 226 g/mol. The van der Waals surface area contributed by atoms with Gasteiger partial charge in [0.25, 0.3) is 0 Å². The first-order chi connectivity index (χ1) is 7.33. The minimum Gasteiger partial charge on any atom is -0.456 e. The molecule has 0 bridgehead atoms. The molecule has 0 atom stereocenters. The lowest BCUT2D eigenvalue weighted by Gasteiger charge is -2.19. The highest BCUT2D eigenvalue weighted by Crippen LogP contribution is 2.16. The minimum atomic E-state index is -0.700. The van der Waals surface area contributed by atoms with Crippen LogP contribution in [0.4, 0.5) is 4.39 Å². The predicted molar refractivity (Wildman–Crippen MR) is 57.5 cm³/mol. The molecule has 0 spiro atoms. The van der Waals surface area contributed by atoms with Crippen LogP contribution < -0.4 is 0 Å². The van der Waals surface area contributed by atoms with Gasteiger partial charge in [0.15, 0.2) is 0 Å². The van der Waals surface area contributed by atoms with Crippen molar-refractivity contribution < 1.29 is 19.0 Å². The van der Waals surface area contributed by atoms with Gasteiger partial charge in [-0.15, -0.1) is 0 Å². The van der Waals surface area contributed by atoms with E-state index in [-0.39, 0.29) is 12.2 Å². The van der Waals surface area contributed by atoms with E-state index in [0.717, 1.165) is 6.07 Å². The van der Waals surface area contributed by atoms with Gasteiger partial charge in [0.1, 0.15) is 11.4 Å². The summed E-state index contributed by atoms with van der Waals surface area (Å²) in [4.78, 5) is 11.6. The highest BCUT2D eigenvalue weighted by Gasteiger charge is 2.20. The molecule has 1 aromatic carbocycles. The lowest BCUT2D eigenvalue weighted by Crippen LogP contribution is -2.24. The smallest absolute Gasteiger partial charge is 0.341 e. The largest absolute Gasteiger partial charge is 0.456 e. The van der Waals surface area contributed by atoms with Crippen LogP contribution in [0.5, 0.6) is 0 Å². The zero-order valence-electron chi connectivity index (χ0n) is 9.58. The fraction of sp³-hybridized carbons (Fsp3) is 0.417. The lowest BCUT2D eigenvalue weighted by atomic mass is 10.1. The van der Waals surface area contributed by atoms with Crippen LogP contribution in [0.15, 0.2) is 18.2 Å². The van der Waals surface area contributed by atoms with Crippen LogP contribution >= 0.6 is 0 Å². The molecule has 0 heterocycles.